The molecule has 0 saturated carbocycles. The number of benzene rings is 2. The molecule has 0 unspecified atom stereocenters. The Kier molecular flexibility index (Phi) is 5.25. The molecular weight excluding hydrogens is 341 g/mol. The molecule has 0 aliphatic heterocycles. The molecule has 7 heteroatoms. The summed E-state index contributed by atoms with van der Waals surface area (Å²) in [6.45, 7) is 0.757. The summed E-state index contributed by atoms with van der Waals surface area (Å²) in [5.74, 6) is -0.906. The molecule has 1 N–H and O–H groups in total. The highest BCUT2D eigenvalue weighted by atomic mass is 32.2. The number of hydrogen-bond donors (Lipinski definition) is 1. The van der Waals surface area contributed by atoms with Crippen molar-refractivity contribution < 1.29 is 12.8 Å². The minimum atomic E-state index is -3.64. The first-order valence-corrected chi connectivity index (χ1v) is 9.42. The van der Waals surface area contributed by atoms with Gasteiger partial charge in [0.05, 0.1) is 12.1 Å². The topological polar surface area (TPSA) is 64.0 Å². The Labute approximate surface area is 146 Å². The molecule has 0 fully saturated rings. The lowest BCUT2D eigenvalue weighted by molar-refractivity contribution is 0.574. The van der Waals surface area contributed by atoms with Crippen molar-refractivity contribution in [1.82, 2.24) is 14.3 Å². The van der Waals surface area contributed by atoms with Crippen LogP contribution in [0.3, 0.4) is 0 Å². The molecule has 1 aromatic heterocycles. The predicted octanol–water partition coefficient (Wildman–Crippen LogP) is 2.69. The molecule has 5 nitrogen and oxygen atoms in total. The Morgan fingerprint density at radius 2 is 1.68 bits per heavy atom. The van der Waals surface area contributed by atoms with Crippen molar-refractivity contribution in [2.45, 2.75) is 18.8 Å². The number of aromatic nitrogens is 2. The van der Waals surface area contributed by atoms with Gasteiger partial charge < -0.3 is 4.57 Å². The van der Waals surface area contributed by atoms with E-state index < -0.39 is 15.8 Å². The monoisotopic (exact) mass is 359 g/mol. The second-order valence-electron chi connectivity index (χ2n) is 5.68. The first-order valence-electron chi connectivity index (χ1n) is 7.77. The van der Waals surface area contributed by atoms with Crippen LogP contribution in [0, 0.1) is 5.82 Å². The van der Waals surface area contributed by atoms with Crippen LogP contribution < -0.4 is 4.72 Å². The quantitative estimate of drug-likeness (QED) is 0.705. The smallest absolute Gasteiger partial charge is 0.216 e. The SMILES string of the molecule is O=S(=O)(Cc1ccccc1F)NCc1ccccc1Cn1ccnc1. The summed E-state index contributed by atoms with van der Waals surface area (Å²) in [6, 6.07) is 13.5. The van der Waals surface area contributed by atoms with Crippen molar-refractivity contribution in [2.24, 2.45) is 0 Å². The van der Waals surface area contributed by atoms with Crippen LogP contribution in [0.4, 0.5) is 4.39 Å². The summed E-state index contributed by atoms with van der Waals surface area (Å²) >= 11 is 0. The normalized spacial score (nSPS) is 11.6. The number of hydrogen-bond acceptors (Lipinski definition) is 3. The third kappa shape index (κ3) is 4.74. The molecule has 0 amide bonds. The van der Waals surface area contributed by atoms with Crippen molar-refractivity contribution in [1.29, 1.82) is 0 Å². The van der Waals surface area contributed by atoms with Gasteiger partial charge in [0, 0.05) is 31.0 Å². The third-order valence-electron chi connectivity index (χ3n) is 3.82. The molecule has 0 atom stereocenters. The van der Waals surface area contributed by atoms with Gasteiger partial charge in [-0.15, -0.1) is 0 Å². The Morgan fingerprint density at radius 1 is 1.00 bits per heavy atom. The highest BCUT2D eigenvalue weighted by Crippen LogP contribution is 2.13. The summed E-state index contributed by atoms with van der Waals surface area (Å²) in [7, 11) is -3.64. The molecule has 0 aliphatic rings. The Bertz CT molecular complexity index is 940. The van der Waals surface area contributed by atoms with Gasteiger partial charge in [0.1, 0.15) is 5.82 Å². The maximum absolute atomic E-state index is 13.7. The molecule has 0 aliphatic carbocycles. The van der Waals surface area contributed by atoms with E-state index in [1.54, 1.807) is 18.6 Å². The average Bonchev–Trinajstić information content (AvgIpc) is 3.09. The van der Waals surface area contributed by atoms with Crippen molar-refractivity contribution in [3.63, 3.8) is 0 Å². The zero-order valence-corrected chi connectivity index (χ0v) is 14.3. The van der Waals surface area contributed by atoms with Gasteiger partial charge >= 0.3 is 0 Å². The molecule has 2 aromatic carbocycles. The van der Waals surface area contributed by atoms with Gasteiger partial charge in [-0.1, -0.05) is 42.5 Å². The van der Waals surface area contributed by atoms with Crippen LogP contribution in [0.5, 0.6) is 0 Å². The first kappa shape index (κ1) is 17.3. The van der Waals surface area contributed by atoms with Crippen LogP contribution in [-0.2, 0) is 28.9 Å². The molecular formula is C18H18FN3O2S. The zero-order chi connectivity index (χ0) is 17.7. The van der Waals surface area contributed by atoms with E-state index in [1.165, 1.54) is 18.2 Å². The molecule has 0 bridgehead atoms. The number of sulfonamides is 1. The minimum Gasteiger partial charge on any atom is -0.333 e. The van der Waals surface area contributed by atoms with Gasteiger partial charge in [-0.3, -0.25) is 0 Å². The van der Waals surface area contributed by atoms with Gasteiger partial charge in [0.2, 0.25) is 10.0 Å². The summed E-state index contributed by atoms with van der Waals surface area (Å²) in [5.41, 5.74) is 2.02. The van der Waals surface area contributed by atoms with E-state index in [9.17, 15) is 12.8 Å². The van der Waals surface area contributed by atoms with Crippen LogP contribution in [0.1, 0.15) is 16.7 Å². The Balaban J connectivity index is 1.70. The van der Waals surface area contributed by atoms with Crippen LogP contribution in [0.15, 0.2) is 67.3 Å². The van der Waals surface area contributed by atoms with E-state index in [4.69, 9.17) is 0 Å². The summed E-state index contributed by atoms with van der Waals surface area (Å²) < 4.78 is 42.6. The van der Waals surface area contributed by atoms with Crippen LogP contribution >= 0.6 is 0 Å². The standard InChI is InChI=1S/C18H18FN3O2S/c19-18-8-4-3-7-17(18)13-25(23,24)21-11-15-5-1-2-6-16(15)12-22-10-9-20-14-22/h1-10,14,21H,11-13H2. The first-order chi connectivity index (χ1) is 12.0. The maximum Gasteiger partial charge on any atom is 0.216 e. The highest BCUT2D eigenvalue weighted by molar-refractivity contribution is 7.88. The predicted molar refractivity (Wildman–Crippen MR) is 93.6 cm³/mol. The van der Waals surface area contributed by atoms with Gasteiger partial charge in [0.25, 0.3) is 0 Å². The molecule has 3 aromatic rings. The molecule has 0 spiro atoms. The number of rotatable bonds is 7. The molecule has 130 valence electrons. The lowest BCUT2D eigenvalue weighted by Gasteiger charge is -2.12. The summed E-state index contributed by atoms with van der Waals surface area (Å²) in [4.78, 5) is 4.00. The molecule has 1 heterocycles. The largest absolute Gasteiger partial charge is 0.333 e. The lowest BCUT2D eigenvalue weighted by Crippen LogP contribution is -2.25. The van der Waals surface area contributed by atoms with Crippen molar-refractivity contribution in [3.05, 3.63) is 89.8 Å². The van der Waals surface area contributed by atoms with Crippen LogP contribution in [0.2, 0.25) is 0 Å². The second kappa shape index (κ2) is 7.58. The Morgan fingerprint density at radius 3 is 2.36 bits per heavy atom. The number of nitrogens with zero attached hydrogens (tertiary/aromatic N) is 2. The van der Waals surface area contributed by atoms with E-state index >= 15 is 0 Å². The molecule has 25 heavy (non-hydrogen) atoms. The van der Waals surface area contributed by atoms with E-state index in [-0.39, 0.29) is 17.9 Å². The minimum absolute atomic E-state index is 0.154. The number of nitrogens with one attached hydrogen (secondary N) is 1. The van der Waals surface area contributed by atoms with Gasteiger partial charge in [-0.25, -0.2) is 22.5 Å². The number of imidazole rings is 1. The van der Waals surface area contributed by atoms with E-state index in [0.29, 0.717) is 6.54 Å². The van der Waals surface area contributed by atoms with E-state index in [0.717, 1.165) is 11.1 Å². The third-order valence-corrected chi connectivity index (χ3v) is 5.09. The fourth-order valence-corrected chi connectivity index (χ4v) is 3.64. The van der Waals surface area contributed by atoms with Crippen molar-refractivity contribution in [3.8, 4) is 0 Å². The van der Waals surface area contributed by atoms with Crippen LogP contribution in [-0.4, -0.2) is 18.0 Å². The second-order valence-corrected chi connectivity index (χ2v) is 7.48. The molecule has 0 saturated heterocycles. The highest BCUT2D eigenvalue weighted by Gasteiger charge is 2.15. The lowest BCUT2D eigenvalue weighted by atomic mass is 10.1. The van der Waals surface area contributed by atoms with Crippen LogP contribution in [0.25, 0.3) is 0 Å². The van der Waals surface area contributed by atoms with Gasteiger partial charge in [0.15, 0.2) is 0 Å². The van der Waals surface area contributed by atoms with Gasteiger partial charge in [-0.05, 0) is 17.2 Å². The molecule has 3 rings (SSSR count). The maximum atomic E-state index is 13.7. The fourth-order valence-electron chi connectivity index (χ4n) is 2.52. The van der Waals surface area contributed by atoms with E-state index in [2.05, 4.69) is 9.71 Å². The van der Waals surface area contributed by atoms with Gasteiger partial charge in [-0.2, -0.15) is 0 Å². The van der Waals surface area contributed by atoms with E-state index in [1.807, 2.05) is 35.0 Å². The average molecular weight is 359 g/mol. The van der Waals surface area contributed by atoms with Crippen molar-refractivity contribution >= 4 is 10.0 Å². The zero-order valence-electron chi connectivity index (χ0n) is 13.5. The van der Waals surface area contributed by atoms with Crippen molar-refractivity contribution in [2.75, 3.05) is 0 Å². The Hall–Kier alpha value is -2.51. The summed E-state index contributed by atoms with van der Waals surface area (Å²) in [6.07, 6.45) is 5.25. The fraction of sp³-hybridized carbons (Fsp3) is 0.167. The summed E-state index contributed by atoms with van der Waals surface area (Å²) in [5, 5.41) is 0. The number of halogens is 1. The molecule has 0 radical (unpaired) electrons.